The van der Waals surface area contributed by atoms with Gasteiger partial charge in [0.2, 0.25) is 5.91 Å². The van der Waals surface area contributed by atoms with E-state index in [1.807, 2.05) is 18.7 Å². The quantitative estimate of drug-likeness (QED) is 0.289. The Labute approximate surface area is 251 Å². The number of halogens is 4. The normalized spacial score (nSPS) is 23.1. The number of carbonyl (C=O) groups is 1. The Morgan fingerprint density at radius 2 is 1.72 bits per heavy atom. The highest BCUT2D eigenvalue weighted by Gasteiger charge is 2.40. The summed E-state index contributed by atoms with van der Waals surface area (Å²) < 4.78 is 60.2. The summed E-state index contributed by atoms with van der Waals surface area (Å²) in [5, 5.41) is 0.241. The van der Waals surface area contributed by atoms with Crippen LogP contribution in [0.2, 0.25) is 0 Å². The molecule has 0 radical (unpaired) electrons. The molecule has 3 aromatic rings. The molecule has 0 bridgehead atoms. The molecule has 1 aromatic heterocycles. The van der Waals surface area contributed by atoms with Gasteiger partial charge in [0, 0.05) is 59.4 Å². The highest BCUT2D eigenvalue weighted by molar-refractivity contribution is 7.99. The lowest BCUT2D eigenvalue weighted by Gasteiger charge is -2.44. The summed E-state index contributed by atoms with van der Waals surface area (Å²) in [6.45, 7) is 9.93. The van der Waals surface area contributed by atoms with Gasteiger partial charge in [-0.1, -0.05) is 18.7 Å². The van der Waals surface area contributed by atoms with Crippen molar-refractivity contribution in [1.82, 2.24) is 19.4 Å². The van der Waals surface area contributed by atoms with Crippen LogP contribution in [0, 0.1) is 5.82 Å². The van der Waals surface area contributed by atoms with Gasteiger partial charge in [0.15, 0.2) is 0 Å². The van der Waals surface area contributed by atoms with E-state index in [1.165, 1.54) is 34.5 Å². The summed E-state index contributed by atoms with van der Waals surface area (Å²) in [7, 11) is 0. The highest BCUT2D eigenvalue weighted by atomic mass is 32.2. The van der Waals surface area contributed by atoms with E-state index in [4.69, 9.17) is 0 Å². The molecule has 7 nitrogen and oxygen atoms in total. The number of amides is 1. The van der Waals surface area contributed by atoms with Crippen molar-refractivity contribution in [2.45, 2.75) is 62.4 Å². The molecule has 0 saturated carbocycles. The van der Waals surface area contributed by atoms with Crippen molar-refractivity contribution >= 4 is 34.4 Å². The molecule has 228 valence electrons. The first-order chi connectivity index (χ1) is 20.5. The summed E-state index contributed by atoms with van der Waals surface area (Å²) in [6.07, 6.45) is -1.42. The number of benzene rings is 2. The Balaban J connectivity index is 1.60. The SMILES string of the molecule is C=CC(=O)N1[C@H](C)CN(c2nc(=O)n3c4c(c(-c5ccc(F)cc5)c(C(F)(F)F)cc24)SC[C@H](N2CCCC2)C3)C[C@@H]1C. The van der Waals surface area contributed by atoms with Gasteiger partial charge in [-0.25, -0.2) is 9.18 Å². The summed E-state index contributed by atoms with van der Waals surface area (Å²) in [4.78, 5) is 36.9. The third kappa shape index (κ3) is 5.32. The number of rotatable bonds is 4. The largest absolute Gasteiger partial charge is 0.417 e. The van der Waals surface area contributed by atoms with Gasteiger partial charge in [-0.3, -0.25) is 14.3 Å². The van der Waals surface area contributed by atoms with Crippen LogP contribution in [0.1, 0.15) is 32.3 Å². The fraction of sp³-hybridized carbons (Fsp3) is 0.452. The van der Waals surface area contributed by atoms with Crippen molar-refractivity contribution in [3.05, 3.63) is 64.9 Å². The van der Waals surface area contributed by atoms with Crippen LogP contribution in [0.25, 0.3) is 22.0 Å². The number of anilines is 1. The number of hydrogen-bond acceptors (Lipinski definition) is 6. The fourth-order valence-electron chi connectivity index (χ4n) is 6.88. The molecule has 3 aliphatic rings. The Morgan fingerprint density at radius 1 is 1.07 bits per heavy atom. The first-order valence-corrected chi connectivity index (χ1v) is 15.5. The van der Waals surface area contributed by atoms with Crippen molar-refractivity contribution in [3.8, 4) is 11.1 Å². The summed E-state index contributed by atoms with van der Waals surface area (Å²) in [6, 6.07) is 5.47. The predicted octanol–water partition coefficient (Wildman–Crippen LogP) is 5.40. The van der Waals surface area contributed by atoms with E-state index in [9.17, 15) is 27.2 Å². The molecule has 0 spiro atoms. The second-order valence-electron chi connectivity index (χ2n) is 11.6. The van der Waals surface area contributed by atoms with E-state index < -0.39 is 23.2 Å². The first kappa shape index (κ1) is 29.7. The fourth-order valence-corrected chi connectivity index (χ4v) is 8.28. The molecule has 3 aliphatic heterocycles. The molecule has 2 fully saturated rings. The van der Waals surface area contributed by atoms with Gasteiger partial charge in [-0.05, 0) is 69.6 Å². The van der Waals surface area contributed by atoms with Crippen LogP contribution in [-0.2, 0) is 17.5 Å². The van der Waals surface area contributed by atoms with Crippen LogP contribution in [-0.4, -0.2) is 75.3 Å². The van der Waals surface area contributed by atoms with Gasteiger partial charge >= 0.3 is 11.9 Å². The van der Waals surface area contributed by atoms with E-state index in [1.54, 1.807) is 4.90 Å². The van der Waals surface area contributed by atoms with Crippen molar-refractivity contribution in [1.29, 1.82) is 0 Å². The molecule has 4 heterocycles. The maximum absolute atomic E-state index is 14.9. The average molecular weight is 616 g/mol. The molecule has 1 amide bonds. The Bertz CT molecular complexity index is 1620. The number of thioether (sulfide) groups is 1. The zero-order valence-corrected chi connectivity index (χ0v) is 24.8. The van der Waals surface area contributed by atoms with E-state index in [0.717, 1.165) is 44.1 Å². The van der Waals surface area contributed by atoms with Crippen LogP contribution >= 0.6 is 11.8 Å². The monoisotopic (exact) mass is 615 g/mol. The molecular weight excluding hydrogens is 582 g/mol. The second-order valence-corrected chi connectivity index (χ2v) is 12.6. The number of alkyl halides is 3. The zero-order chi connectivity index (χ0) is 30.6. The van der Waals surface area contributed by atoms with Gasteiger partial charge in [0.1, 0.15) is 11.6 Å². The minimum atomic E-state index is -4.73. The second kappa shape index (κ2) is 11.3. The summed E-state index contributed by atoms with van der Waals surface area (Å²) in [5.41, 5.74) is -0.790. The number of likely N-dealkylation sites (tertiary alicyclic amines) is 1. The Kier molecular flexibility index (Phi) is 7.78. The maximum Gasteiger partial charge on any atom is 0.417 e. The predicted molar refractivity (Wildman–Crippen MR) is 160 cm³/mol. The standard InChI is InChI=1S/C31H33F4N5O2S/c1-4-25(41)40-18(2)14-38(15-19(40)3)29-23-13-24(31(33,34)35)26(20-7-9-21(32)10-8-20)28-27(23)39(30(42)36-29)16-22(17-43-28)37-11-5-6-12-37/h4,7-10,13,18-19,22H,1,5-6,11-12,14-17H2,2-3H3/t18-,19+,22-/m1/s1. The zero-order valence-electron chi connectivity index (χ0n) is 24.0. The minimum absolute atomic E-state index is 0.0551. The van der Waals surface area contributed by atoms with Crippen molar-refractivity contribution in [2.75, 3.05) is 36.8 Å². The van der Waals surface area contributed by atoms with Crippen molar-refractivity contribution in [2.24, 2.45) is 0 Å². The lowest BCUT2D eigenvalue weighted by Crippen LogP contribution is -2.58. The van der Waals surface area contributed by atoms with Crippen LogP contribution in [0.4, 0.5) is 23.4 Å². The lowest BCUT2D eigenvalue weighted by atomic mass is 9.96. The van der Waals surface area contributed by atoms with Gasteiger partial charge in [-0.15, -0.1) is 11.8 Å². The van der Waals surface area contributed by atoms with Crippen LogP contribution < -0.4 is 10.6 Å². The van der Waals surface area contributed by atoms with Gasteiger partial charge in [0.25, 0.3) is 0 Å². The van der Waals surface area contributed by atoms with Crippen LogP contribution in [0.15, 0.2) is 52.7 Å². The molecule has 3 atom stereocenters. The van der Waals surface area contributed by atoms with E-state index in [-0.39, 0.29) is 59.5 Å². The third-order valence-corrected chi connectivity index (χ3v) is 9.99. The Morgan fingerprint density at radius 3 is 2.33 bits per heavy atom. The van der Waals surface area contributed by atoms with Gasteiger partial charge < -0.3 is 9.80 Å². The number of aromatic nitrogens is 2. The molecule has 0 unspecified atom stereocenters. The topological polar surface area (TPSA) is 61.7 Å². The van der Waals surface area contributed by atoms with Crippen molar-refractivity contribution < 1.29 is 22.4 Å². The van der Waals surface area contributed by atoms with E-state index in [0.29, 0.717) is 22.7 Å². The lowest BCUT2D eigenvalue weighted by molar-refractivity contribution is -0.137. The number of piperazine rings is 1. The molecule has 6 rings (SSSR count). The average Bonchev–Trinajstić information content (AvgIpc) is 3.42. The molecule has 0 aliphatic carbocycles. The summed E-state index contributed by atoms with van der Waals surface area (Å²) in [5.74, 6) is -0.101. The van der Waals surface area contributed by atoms with Gasteiger partial charge in [-0.2, -0.15) is 18.2 Å². The minimum Gasteiger partial charge on any atom is -0.352 e. The van der Waals surface area contributed by atoms with Crippen molar-refractivity contribution in [3.63, 3.8) is 0 Å². The van der Waals surface area contributed by atoms with E-state index in [2.05, 4.69) is 16.5 Å². The molecule has 2 saturated heterocycles. The first-order valence-electron chi connectivity index (χ1n) is 14.5. The highest BCUT2D eigenvalue weighted by Crippen LogP contribution is 2.48. The third-order valence-electron chi connectivity index (χ3n) is 8.75. The number of hydrogen-bond donors (Lipinski definition) is 0. The smallest absolute Gasteiger partial charge is 0.352 e. The van der Waals surface area contributed by atoms with Crippen LogP contribution in [0.3, 0.4) is 0 Å². The van der Waals surface area contributed by atoms with Crippen LogP contribution in [0.5, 0.6) is 0 Å². The maximum atomic E-state index is 14.9. The molecule has 0 N–H and O–H groups in total. The number of carbonyl (C=O) groups excluding carboxylic acids is 1. The molecule has 2 aromatic carbocycles. The molecule has 12 heteroatoms. The molecular formula is C31H33F4N5O2S. The molecule has 43 heavy (non-hydrogen) atoms. The number of nitrogens with zero attached hydrogens (tertiary/aromatic N) is 5. The van der Waals surface area contributed by atoms with E-state index >= 15 is 0 Å². The Hall–Kier alpha value is -3.38. The van der Waals surface area contributed by atoms with Gasteiger partial charge in [0.05, 0.1) is 11.1 Å². The summed E-state index contributed by atoms with van der Waals surface area (Å²) >= 11 is 1.32.